The van der Waals surface area contributed by atoms with Gasteiger partial charge >= 0.3 is 5.97 Å². The first-order valence-electron chi connectivity index (χ1n) is 6.05. The number of hydrogen-bond acceptors (Lipinski definition) is 3. The SMILES string of the molecule is O=C(O)CC1COCCN1C(=O)c1cccc(Cl)c1F. The summed E-state index contributed by atoms with van der Waals surface area (Å²) in [6, 6.07) is 3.55. The quantitative estimate of drug-likeness (QED) is 0.924. The van der Waals surface area contributed by atoms with Crippen molar-refractivity contribution < 1.29 is 23.8 Å². The van der Waals surface area contributed by atoms with Crippen LogP contribution in [0.15, 0.2) is 18.2 Å². The number of halogens is 2. The summed E-state index contributed by atoms with van der Waals surface area (Å²) in [5.41, 5.74) is -0.158. The fourth-order valence-electron chi connectivity index (χ4n) is 2.12. The zero-order valence-electron chi connectivity index (χ0n) is 10.5. The van der Waals surface area contributed by atoms with Crippen LogP contribution in [0.1, 0.15) is 16.8 Å². The highest BCUT2D eigenvalue weighted by molar-refractivity contribution is 6.31. The van der Waals surface area contributed by atoms with Crippen LogP contribution in [0.3, 0.4) is 0 Å². The predicted octanol–water partition coefficient (Wildman–Crippen LogP) is 1.79. The molecule has 1 aliphatic heterocycles. The van der Waals surface area contributed by atoms with Crippen molar-refractivity contribution in [2.24, 2.45) is 0 Å². The van der Waals surface area contributed by atoms with Gasteiger partial charge < -0.3 is 14.7 Å². The lowest BCUT2D eigenvalue weighted by atomic mass is 10.1. The molecule has 0 aromatic heterocycles. The van der Waals surface area contributed by atoms with Gasteiger partial charge in [-0.05, 0) is 12.1 Å². The molecule has 5 nitrogen and oxygen atoms in total. The number of morpholine rings is 1. The van der Waals surface area contributed by atoms with E-state index in [-0.39, 0.29) is 30.2 Å². The van der Waals surface area contributed by atoms with Gasteiger partial charge in [-0.3, -0.25) is 9.59 Å². The largest absolute Gasteiger partial charge is 0.481 e. The molecule has 1 fully saturated rings. The number of ether oxygens (including phenoxy) is 1. The van der Waals surface area contributed by atoms with Crippen molar-refractivity contribution >= 4 is 23.5 Å². The summed E-state index contributed by atoms with van der Waals surface area (Å²) in [5.74, 6) is -2.40. The Morgan fingerprint density at radius 3 is 2.95 bits per heavy atom. The van der Waals surface area contributed by atoms with Gasteiger partial charge in [-0.15, -0.1) is 0 Å². The van der Waals surface area contributed by atoms with E-state index in [1.807, 2.05) is 0 Å². The molecular weight excluding hydrogens is 289 g/mol. The smallest absolute Gasteiger partial charge is 0.305 e. The van der Waals surface area contributed by atoms with E-state index in [9.17, 15) is 14.0 Å². The normalized spacial score (nSPS) is 18.9. The lowest BCUT2D eigenvalue weighted by Gasteiger charge is -2.35. The van der Waals surface area contributed by atoms with Crippen LogP contribution in [0, 0.1) is 5.82 Å². The highest BCUT2D eigenvalue weighted by Gasteiger charge is 2.31. The summed E-state index contributed by atoms with van der Waals surface area (Å²) >= 11 is 5.65. The molecule has 108 valence electrons. The fraction of sp³-hybridized carbons (Fsp3) is 0.385. The number of nitrogens with zero attached hydrogens (tertiary/aromatic N) is 1. The topological polar surface area (TPSA) is 66.8 Å². The van der Waals surface area contributed by atoms with Crippen LogP contribution in [-0.4, -0.2) is 47.7 Å². The van der Waals surface area contributed by atoms with E-state index in [0.29, 0.717) is 6.61 Å². The second kappa shape index (κ2) is 6.19. The minimum Gasteiger partial charge on any atom is -0.481 e. The van der Waals surface area contributed by atoms with Crippen molar-refractivity contribution in [3.05, 3.63) is 34.6 Å². The number of aliphatic carboxylic acids is 1. The maximum absolute atomic E-state index is 13.9. The van der Waals surface area contributed by atoms with Gasteiger partial charge in [0, 0.05) is 6.54 Å². The molecule has 0 radical (unpaired) electrons. The van der Waals surface area contributed by atoms with Gasteiger partial charge in [0.1, 0.15) is 0 Å². The summed E-state index contributed by atoms with van der Waals surface area (Å²) in [5, 5.41) is 8.71. The molecule has 1 unspecified atom stereocenters. The van der Waals surface area contributed by atoms with Crippen LogP contribution >= 0.6 is 11.6 Å². The molecule has 2 rings (SSSR count). The van der Waals surface area contributed by atoms with Crippen LogP contribution < -0.4 is 0 Å². The van der Waals surface area contributed by atoms with E-state index >= 15 is 0 Å². The maximum atomic E-state index is 13.9. The number of carboxylic acids is 1. The molecule has 0 aliphatic carbocycles. The zero-order chi connectivity index (χ0) is 14.7. The molecule has 1 aromatic carbocycles. The molecule has 1 atom stereocenters. The number of carbonyl (C=O) groups is 2. The number of benzene rings is 1. The molecular formula is C13H13ClFNO4. The summed E-state index contributed by atoms with van der Waals surface area (Å²) in [6.45, 7) is 0.646. The highest BCUT2D eigenvalue weighted by atomic mass is 35.5. The number of amides is 1. The summed E-state index contributed by atoms with van der Waals surface area (Å²) in [7, 11) is 0. The Balaban J connectivity index is 2.25. The van der Waals surface area contributed by atoms with Crippen LogP contribution in [0.25, 0.3) is 0 Å². The molecule has 1 saturated heterocycles. The summed E-state index contributed by atoms with van der Waals surface area (Å²) in [6.07, 6.45) is -0.242. The Kier molecular flexibility index (Phi) is 4.57. The first-order chi connectivity index (χ1) is 9.50. The molecule has 1 amide bonds. The van der Waals surface area contributed by atoms with Gasteiger partial charge in [-0.25, -0.2) is 4.39 Å². The predicted molar refractivity (Wildman–Crippen MR) is 69.3 cm³/mol. The van der Waals surface area contributed by atoms with Crippen molar-refractivity contribution in [2.75, 3.05) is 19.8 Å². The minimum absolute atomic E-state index is 0.125. The second-order valence-corrected chi connectivity index (χ2v) is 4.83. The van der Waals surface area contributed by atoms with E-state index in [1.165, 1.54) is 23.1 Å². The number of rotatable bonds is 3. The van der Waals surface area contributed by atoms with Gasteiger partial charge in [0.25, 0.3) is 5.91 Å². The Morgan fingerprint density at radius 2 is 2.25 bits per heavy atom. The van der Waals surface area contributed by atoms with Crippen LogP contribution in [-0.2, 0) is 9.53 Å². The Labute approximate surface area is 119 Å². The van der Waals surface area contributed by atoms with E-state index in [4.69, 9.17) is 21.4 Å². The lowest BCUT2D eigenvalue weighted by molar-refractivity contribution is -0.139. The molecule has 0 spiro atoms. The molecule has 1 heterocycles. The van der Waals surface area contributed by atoms with Crippen LogP contribution in [0.5, 0.6) is 0 Å². The molecule has 7 heteroatoms. The Hall–Kier alpha value is -1.66. The van der Waals surface area contributed by atoms with Gasteiger partial charge in [0.05, 0.1) is 36.3 Å². The highest BCUT2D eigenvalue weighted by Crippen LogP contribution is 2.21. The third-order valence-corrected chi connectivity index (χ3v) is 3.37. The van der Waals surface area contributed by atoms with E-state index in [2.05, 4.69) is 0 Å². The number of hydrogen-bond donors (Lipinski definition) is 1. The minimum atomic E-state index is -1.04. The van der Waals surface area contributed by atoms with Crippen molar-refractivity contribution in [2.45, 2.75) is 12.5 Å². The average molecular weight is 302 g/mol. The third-order valence-electron chi connectivity index (χ3n) is 3.08. The molecule has 1 aromatic rings. The summed E-state index contributed by atoms with van der Waals surface area (Å²) < 4.78 is 19.0. The van der Waals surface area contributed by atoms with Crippen molar-refractivity contribution in [1.29, 1.82) is 0 Å². The Morgan fingerprint density at radius 1 is 1.50 bits per heavy atom. The van der Waals surface area contributed by atoms with Crippen molar-refractivity contribution in [3.8, 4) is 0 Å². The number of carboxylic acid groups (broad SMARTS) is 1. The van der Waals surface area contributed by atoms with Crippen LogP contribution in [0.2, 0.25) is 5.02 Å². The lowest BCUT2D eigenvalue weighted by Crippen LogP contribution is -2.49. The first-order valence-corrected chi connectivity index (χ1v) is 6.43. The molecule has 20 heavy (non-hydrogen) atoms. The molecule has 1 aliphatic rings. The van der Waals surface area contributed by atoms with E-state index in [1.54, 1.807) is 0 Å². The van der Waals surface area contributed by atoms with Crippen molar-refractivity contribution in [3.63, 3.8) is 0 Å². The molecule has 0 bridgehead atoms. The zero-order valence-corrected chi connectivity index (χ0v) is 11.3. The standard InChI is InChI=1S/C13H13ClFNO4/c14-10-3-1-2-9(12(10)15)13(19)16-4-5-20-7-8(16)6-11(17)18/h1-3,8H,4-7H2,(H,17,18). The number of carbonyl (C=O) groups excluding carboxylic acids is 1. The summed E-state index contributed by atoms with van der Waals surface area (Å²) in [4.78, 5) is 24.5. The molecule has 1 N–H and O–H groups in total. The van der Waals surface area contributed by atoms with Gasteiger partial charge in [0.2, 0.25) is 0 Å². The van der Waals surface area contributed by atoms with Gasteiger partial charge in [-0.2, -0.15) is 0 Å². The second-order valence-electron chi connectivity index (χ2n) is 4.43. The fourth-order valence-corrected chi connectivity index (χ4v) is 2.29. The van der Waals surface area contributed by atoms with Gasteiger partial charge in [-0.1, -0.05) is 17.7 Å². The molecule has 0 saturated carbocycles. The van der Waals surface area contributed by atoms with E-state index in [0.717, 1.165) is 0 Å². The van der Waals surface area contributed by atoms with E-state index < -0.39 is 23.7 Å². The van der Waals surface area contributed by atoms with Crippen LogP contribution in [0.4, 0.5) is 4.39 Å². The van der Waals surface area contributed by atoms with Gasteiger partial charge in [0.15, 0.2) is 5.82 Å². The first kappa shape index (κ1) is 14.7. The Bertz CT molecular complexity index is 537. The monoisotopic (exact) mass is 301 g/mol. The van der Waals surface area contributed by atoms with Crippen molar-refractivity contribution in [1.82, 2.24) is 4.90 Å². The third kappa shape index (κ3) is 3.08. The average Bonchev–Trinajstić information content (AvgIpc) is 2.41. The maximum Gasteiger partial charge on any atom is 0.305 e.